The third-order valence-electron chi connectivity index (χ3n) is 5.22. The van der Waals surface area contributed by atoms with Gasteiger partial charge in [-0.25, -0.2) is 19.7 Å². The van der Waals surface area contributed by atoms with Crippen molar-refractivity contribution in [3.05, 3.63) is 65.3 Å². The summed E-state index contributed by atoms with van der Waals surface area (Å²) in [4.78, 5) is 25.1. The Hall–Kier alpha value is -3.65. The molecule has 0 bridgehead atoms. The van der Waals surface area contributed by atoms with Gasteiger partial charge in [0.05, 0.1) is 5.39 Å². The highest BCUT2D eigenvalue weighted by molar-refractivity contribution is 6.35. The van der Waals surface area contributed by atoms with Gasteiger partial charge >= 0.3 is 6.09 Å². The van der Waals surface area contributed by atoms with Crippen molar-refractivity contribution in [2.75, 3.05) is 6.54 Å². The Morgan fingerprint density at radius 3 is 2.69 bits per heavy atom. The van der Waals surface area contributed by atoms with Gasteiger partial charge in [-0.1, -0.05) is 23.7 Å². The van der Waals surface area contributed by atoms with Crippen molar-refractivity contribution in [3.63, 3.8) is 0 Å². The van der Waals surface area contributed by atoms with E-state index in [0.717, 1.165) is 33.4 Å². The predicted molar refractivity (Wildman–Crippen MR) is 136 cm³/mol. The van der Waals surface area contributed by atoms with E-state index in [4.69, 9.17) is 21.1 Å². The van der Waals surface area contributed by atoms with E-state index in [0.29, 0.717) is 29.7 Å². The second-order valence-corrected chi connectivity index (χ2v) is 9.59. The molecule has 0 atom stereocenters. The number of carbonyl (C=O) groups excluding carboxylic acids is 1. The molecule has 0 saturated heterocycles. The number of hydrogen-bond acceptors (Lipinski definition) is 6. The van der Waals surface area contributed by atoms with Crippen LogP contribution in [0.4, 0.5) is 4.79 Å². The van der Waals surface area contributed by atoms with Gasteiger partial charge in [0.2, 0.25) is 5.88 Å². The first-order valence-corrected chi connectivity index (χ1v) is 11.7. The average Bonchev–Trinajstić information content (AvgIpc) is 3.10. The van der Waals surface area contributed by atoms with Gasteiger partial charge in [0, 0.05) is 37.1 Å². The summed E-state index contributed by atoms with van der Waals surface area (Å²) in [6, 6.07) is 11.4. The quantitative estimate of drug-likeness (QED) is 0.339. The lowest BCUT2D eigenvalue weighted by Gasteiger charge is -2.20. The van der Waals surface area contributed by atoms with Crippen LogP contribution in [0.3, 0.4) is 0 Å². The number of aromatic nitrogens is 4. The molecule has 8 nitrogen and oxygen atoms in total. The fourth-order valence-corrected chi connectivity index (χ4v) is 4.02. The summed E-state index contributed by atoms with van der Waals surface area (Å²) in [5, 5.41) is 3.98. The summed E-state index contributed by atoms with van der Waals surface area (Å²) in [6.07, 6.45) is 3.51. The van der Waals surface area contributed by atoms with Crippen LogP contribution in [0.1, 0.15) is 32.0 Å². The summed E-state index contributed by atoms with van der Waals surface area (Å²) in [7, 11) is 1.92. The van der Waals surface area contributed by atoms with Crippen molar-refractivity contribution in [1.82, 2.24) is 24.8 Å². The van der Waals surface area contributed by atoms with E-state index in [2.05, 4.69) is 20.3 Å². The number of hydrogen-bond donors (Lipinski definition) is 1. The van der Waals surface area contributed by atoms with Crippen molar-refractivity contribution >= 4 is 28.7 Å². The van der Waals surface area contributed by atoms with Gasteiger partial charge in [-0.15, -0.1) is 0 Å². The number of carbonyl (C=O) groups is 1. The second kappa shape index (κ2) is 9.92. The molecule has 1 amide bonds. The first-order chi connectivity index (χ1) is 16.6. The van der Waals surface area contributed by atoms with E-state index in [-0.39, 0.29) is 0 Å². The highest BCUT2D eigenvalue weighted by Gasteiger charge is 2.19. The maximum atomic E-state index is 12.2. The molecule has 0 unspecified atom stereocenters. The largest absolute Gasteiger partial charge is 0.444 e. The number of amides is 1. The van der Waals surface area contributed by atoms with Gasteiger partial charge in [-0.05, 0) is 63.4 Å². The third kappa shape index (κ3) is 5.89. The van der Waals surface area contributed by atoms with Gasteiger partial charge < -0.3 is 19.4 Å². The van der Waals surface area contributed by atoms with E-state index >= 15 is 0 Å². The molecule has 0 aliphatic rings. The Labute approximate surface area is 209 Å². The lowest BCUT2D eigenvalue weighted by atomic mass is 9.97. The molecule has 1 aromatic carbocycles. The molecule has 0 fully saturated rings. The van der Waals surface area contributed by atoms with Crippen LogP contribution in [0.2, 0.25) is 5.15 Å². The zero-order chi connectivity index (χ0) is 25.2. The van der Waals surface area contributed by atoms with Crippen LogP contribution in [-0.4, -0.2) is 37.8 Å². The summed E-state index contributed by atoms with van der Waals surface area (Å²) >= 11 is 6.47. The van der Waals surface area contributed by atoms with E-state index in [1.165, 1.54) is 6.33 Å². The lowest BCUT2D eigenvalue weighted by Crippen LogP contribution is -2.33. The molecule has 0 aliphatic heterocycles. The van der Waals surface area contributed by atoms with Crippen LogP contribution in [0.15, 0.2) is 48.9 Å². The zero-order valence-electron chi connectivity index (χ0n) is 20.4. The van der Waals surface area contributed by atoms with Gasteiger partial charge in [0.15, 0.2) is 0 Å². The predicted octanol–water partition coefficient (Wildman–Crippen LogP) is 5.85. The maximum Gasteiger partial charge on any atom is 0.407 e. The Bertz CT molecular complexity index is 1380. The van der Waals surface area contributed by atoms with Gasteiger partial charge in [-0.2, -0.15) is 0 Å². The molecule has 0 radical (unpaired) electrons. The Morgan fingerprint density at radius 1 is 1.14 bits per heavy atom. The summed E-state index contributed by atoms with van der Waals surface area (Å²) in [5.41, 5.74) is 3.85. The number of rotatable bonds is 6. The van der Waals surface area contributed by atoms with Crippen molar-refractivity contribution < 1.29 is 14.3 Å². The van der Waals surface area contributed by atoms with Crippen molar-refractivity contribution in [1.29, 1.82) is 0 Å². The standard InChI is InChI=1S/C26H28ClN5O3/c1-16-7-6-8-21(31-16)34-18-9-10-19(17(13-18)11-12-28-25(33)35-26(2,3)4)20-14-32(5)24-22(20)23(27)29-15-30-24/h6-10,13-15H,11-12H2,1-5H3,(H,28,33). The summed E-state index contributed by atoms with van der Waals surface area (Å²) < 4.78 is 13.3. The molecular weight excluding hydrogens is 466 g/mol. The molecule has 4 aromatic rings. The Kier molecular flexibility index (Phi) is 6.93. The van der Waals surface area contributed by atoms with E-state index in [1.54, 1.807) is 0 Å². The van der Waals surface area contributed by atoms with Gasteiger partial charge in [0.1, 0.15) is 28.5 Å². The minimum atomic E-state index is -0.566. The monoisotopic (exact) mass is 493 g/mol. The number of benzene rings is 1. The molecule has 0 spiro atoms. The SMILES string of the molecule is Cc1cccc(Oc2ccc(-c3cn(C)c4ncnc(Cl)c34)c(CCNC(=O)OC(C)(C)C)c2)n1. The fraction of sp³-hybridized carbons (Fsp3) is 0.308. The number of halogens is 1. The molecule has 1 N–H and O–H groups in total. The maximum absolute atomic E-state index is 12.2. The number of nitrogens with one attached hydrogen (secondary N) is 1. The first kappa shape index (κ1) is 24.5. The minimum Gasteiger partial charge on any atom is -0.444 e. The molecule has 0 aliphatic carbocycles. The summed E-state index contributed by atoms with van der Waals surface area (Å²) in [6.45, 7) is 7.78. The number of ether oxygens (including phenoxy) is 2. The molecule has 4 rings (SSSR count). The Balaban J connectivity index is 1.68. The number of aryl methyl sites for hydroxylation is 2. The molecule has 182 valence electrons. The van der Waals surface area contributed by atoms with Crippen LogP contribution < -0.4 is 10.1 Å². The molecule has 35 heavy (non-hydrogen) atoms. The normalized spacial score (nSPS) is 11.5. The number of alkyl carbamates (subject to hydrolysis) is 1. The van der Waals surface area contributed by atoms with Crippen LogP contribution >= 0.6 is 11.6 Å². The first-order valence-electron chi connectivity index (χ1n) is 11.3. The zero-order valence-corrected chi connectivity index (χ0v) is 21.2. The van der Waals surface area contributed by atoms with Crippen molar-refractivity contribution in [2.45, 2.75) is 39.7 Å². The number of fused-ring (bicyclic) bond motifs is 1. The van der Waals surface area contributed by atoms with Crippen molar-refractivity contribution in [3.8, 4) is 22.8 Å². The van der Waals surface area contributed by atoms with Crippen LogP contribution in [0.5, 0.6) is 11.6 Å². The second-order valence-electron chi connectivity index (χ2n) is 9.23. The molecule has 3 heterocycles. The molecular formula is C26H28ClN5O3. The minimum absolute atomic E-state index is 0.378. The lowest BCUT2D eigenvalue weighted by molar-refractivity contribution is 0.0528. The smallest absolute Gasteiger partial charge is 0.407 e. The Morgan fingerprint density at radius 2 is 1.94 bits per heavy atom. The van der Waals surface area contributed by atoms with Gasteiger partial charge in [0.25, 0.3) is 0 Å². The number of pyridine rings is 1. The summed E-state index contributed by atoms with van der Waals surface area (Å²) in [5.74, 6) is 1.15. The van der Waals surface area contributed by atoms with Crippen molar-refractivity contribution in [2.24, 2.45) is 7.05 Å². The van der Waals surface area contributed by atoms with Crippen LogP contribution in [-0.2, 0) is 18.2 Å². The topological polar surface area (TPSA) is 91.2 Å². The van der Waals surface area contributed by atoms with Crippen LogP contribution in [0.25, 0.3) is 22.2 Å². The fourth-order valence-electron chi connectivity index (χ4n) is 3.79. The molecule has 3 aromatic heterocycles. The van der Waals surface area contributed by atoms with E-state index in [9.17, 15) is 4.79 Å². The number of nitrogens with zero attached hydrogens (tertiary/aromatic N) is 4. The van der Waals surface area contributed by atoms with Crippen LogP contribution in [0, 0.1) is 6.92 Å². The highest BCUT2D eigenvalue weighted by atomic mass is 35.5. The van der Waals surface area contributed by atoms with E-state index < -0.39 is 11.7 Å². The molecule has 9 heteroatoms. The molecule has 0 saturated carbocycles. The van der Waals surface area contributed by atoms with E-state index in [1.807, 2.05) is 81.9 Å². The van der Waals surface area contributed by atoms with Gasteiger partial charge in [-0.3, -0.25) is 0 Å². The highest BCUT2D eigenvalue weighted by Crippen LogP contribution is 2.37. The third-order valence-corrected chi connectivity index (χ3v) is 5.51. The average molecular weight is 494 g/mol.